The highest BCUT2D eigenvalue weighted by Crippen LogP contribution is 2.26. The van der Waals surface area contributed by atoms with Crippen LogP contribution in [0.15, 0.2) is 23.1 Å². The summed E-state index contributed by atoms with van der Waals surface area (Å²) in [5.41, 5.74) is 0.345. The van der Waals surface area contributed by atoms with Crippen molar-refractivity contribution >= 4 is 21.6 Å². The number of sulfonamides is 1. The van der Waals surface area contributed by atoms with Crippen LogP contribution in [0.1, 0.15) is 18.4 Å². The minimum atomic E-state index is -3.63. The fourth-order valence-corrected chi connectivity index (χ4v) is 4.25. The molecular weight excluding hydrogens is 310 g/mol. The number of nitrogens with one attached hydrogen (secondary N) is 1. The molecule has 7 heteroatoms. The molecule has 1 unspecified atom stereocenters. The van der Waals surface area contributed by atoms with Gasteiger partial charge in [-0.25, -0.2) is 12.7 Å². The number of hydrogen-bond acceptors (Lipinski definition) is 4. The number of nitriles is 1. The van der Waals surface area contributed by atoms with E-state index in [0.717, 1.165) is 25.9 Å². The average Bonchev–Trinajstić information content (AvgIpc) is 2.47. The lowest BCUT2D eigenvalue weighted by Crippen LogP contribution is -2.39. The van der Waals surface area contributed by atoms with Crippen LogP contribution in [0.25, 0.3) is 0 Å². The van der Waals surface area contributed by atoms with Gasteiger partial charge in [0.2, 0.25) is 10.0 Å². The monoisotopic (exact) mass is 327 g/mol. The quantitative estimate of drug-likeness (QED) is 0.915. The Balaban J connectivity index is 2.18. The predicted octanol–water partition coefficient (Wildman–Crippen LogP) is 1.83. The Hall–Kier alpha value is -1.13. The van der Waals surface area contributed by atoms with E-state index in [9.17, 15) is 8.42 Å². The molecule has 1 aromatic carbocycles. The molecule has 0 aromatic heterocycles. The van der Waals surface area contributed by atoms with E-state index >= 15 is 0 Å². The molecule has 1 heterocycles. The predicted molar refractivity (Wildman–Crippen MR) is 81.6 cm³/mol. The van der Waals surface area contributed by atoms with Crippen LogP contribution < -0.4 is 5.32 Å². The molecule has 0 radical (unpaired) electrons. The SMILES string of the molecule is CN(CC1CCCNC1)S(=O)(=O)c1ccc(C#N)cc1Cl. The smallest absolute Gasteiger partial charge is 0.244 e. The average molecular weight is 328 g/mol. The van der Waals surface area contributed by atoms with Crippen molar-refractivity contribution in [3.63, 3.8) is 0 Å². The molecular formula is C14H18ClN3O2S. The minimum absolute atomic E-state index is 0.0504. The second kappa shape index (κ2) is 6.75. The maximum Gasteiger partial charge on any atom is 0.244 e. The van der Waals surface area contributed by atoms with E-state index in [2.05, 4.69) is 5.32 Å². The van der Waals surface area contributed by atoms with Crippen molar-refractivity contribution in [2.75, 3.05) is 26.7 Å². The first kappa shape index (κ1) is 16.2. The number of halogens is 1. The van der Waals surface area contributed by atoms with Crippen molar-refractivity contribution in [1.82, 2.24) is 9.62 Å². The molecule has 1 aliphatic heterocycles. The highest BCUT2D eigenvalue weighted by Gasteiger charge is 2.26. The summed E-state index contributed by atoms with van der Waals surface area (Å²) in [4.78, 5) is 0.0504. The lowest BCUT2D eigenvalue weighted by atomic mass is 10.00. The maximum atomic E-state index is 12.6. The van der Waals surface area contributed by atoms with Gasteiger partial charge in [-0.15, -0.1) is 0 Å². The molecule has 0 amide bonds. The van der Waals surface area contributed by atoms with Crippen LogP contribution in [0.3, 0.4) is 0 Å². The van der Waals surface area contributed by atoms with Crippen LogP contribution in [-0.2, 0) is 10.0 Å². The number of nitrogens with zero attached hydrogens (tertiary/aromatic N) is 2. The topological polar surface area (TPSA) is 73.2 Å². The third-order valence-electron chi connectivity index (χ3n) is 3.66. The van der Waals surface area contributed by atoms with E-state index < -0.39 is 10.0 Å². The summed E-state index contributed by atoms with van der Waals surface area (Å²) in [7, 11) is -2.06. The molecule has 0 saturated carbocycles. The molecule has 0 bridgehead atoms. The van der Waals surface area contributed by atoms with Crippen LogP contribution in [0.2, 0.25) is 5.02 Å². The molecule has 114 valence electrons. The first-order valence-corrected chi connectivity index (χ1v) is 8.63. The third kappa shape index (κ3) is 3.74. The second-order valence-corrected chi connectivity index (χ2v) is 7.68. The second-order valence-electron chi connectivity index (χ2n) is 5.25. The van der Waals surface area contributed by atoms with E-state index in [1.807, 2.05) is 6.07 Å². The van der Waals surface area contributed by atoms with Gasteiger partial charge in [0.15, 0.2) is 0 Å². The standard InChI is InChI=1S/C14H18ClN3O2S/c1-18(10-12-3-2-6-17-9-12)21(19,20)14-5-4-11(8-16)7-13(14)15/h4-5,7,12,17H,2-3,6,9-10H2,1H3. The van der Waals surface area contributed by atoms with E-state index in [-0.39, 0.29) is 9.92 Å². The van der Waals surface area contributed by atoms with Crippen molar-refractivity contribution in [2.45, 2.75) is 17.7 Å². The Morgan fingerprint density at radius 1 is 1.52 bits per heavy atom. The minimum Gasteiger partial charge on any atom is -0.316 e. The Kier molecular flexibility index (Phi) is 5.22. The Labute approximate surface area is 130 Å². The summed E-state index contributed by atoms with van der Waals surface area (Å²) >= 11 is 6.01. The first-order chi connectivity index (χ1) is 9.95. The molecule has 1 saturated heterocycles. The fourth-order valence-electron chi connectivity index (χ4n) is 2.49. The van der Waals surface area contributed by atoms with Gasteiger partial charge >= 0.3 is 0 Å². The number of benzene rings is 1. The van der Waals surface area contributed by atoms with Crippen molar-refractivity contribution in [2.24, 2.45) is 5.92 Å². The lowest BCUT2D eigenvalue weighted by Gasteiger charge is -2.27. The molecule has 0 aliphatic carbocycles. The van der Waals surface area contributed by atoms with Crippen LogP contribution in [0.5, 0.6) is 0 Å². The van der Waals surface area contributed by atoms with Crippen LogP contribution in [0, 0.1) is 17.2 Å². The van der Waals surface area contributed by atoms with Gasteiger partial charge in [-0.05, 0) is 50.0 Å². The zero-order valence-electron chi connectivity index (χ0n) is 11.8. The van der Waals surface area contributed by atoms with E-state index in [0.29, 0.717) is 18.0 Å². The summed E-state index contributed by atoms with van der Waals surface area (Å²) in [5.74, 6) is 0.315. The Morgan fingerprint density at radius 3 is 2.86 bits per heavy atom. The van der Waals surface area contributed by atoms with Crippen molar-refractivity contribution in [3.8, 4) is 6.07 Å². The molecule has 1 aliphatic rings. The van der Waals surface area contributed by atoms with Gasteiger partial charge < -0.3 is 5.32 Å². The van der Waals surface area contributed by atoms with E-state index in [1.165, 1.54) is 22.5 Å². The molecule has 1 fully saturated rings. The summed E-state index contributed by atoms with van der Waals surface area (Å²) in [5, 5.41) is 12.2. The van der Waals surface area contributed by atoms with Gasteiger partial charge in [0.1, 0.15) is 4.90 Å². The highest BCUT2D eigenvalue weighted by atomic mass is 35.5. The molecule has 0 spiro atoms. The van der Waals surface area contributed by atoms with Crippen LogP contribution >= 0.6 is 11.6 Å². The first-order valence-electron chi connectivity index (χ1n) is 6.82. The number of rotatable bonds is 4. The third-order valence-corrected chi connectivity index (χ3v) is 5.97. The summed E-state index contributed by atoms with van der Waals surface area (Å²) in [6, 6.07) is 6.18. The Bertz CT molecular complexity index is 649. The van der Waals surface area contributed by atoms with Gasteiger partial charge in [0.05, 0.1) is 16.7 Å². The molecule has 5 nitrogen and oxygen atoms in total. The summed E-state index contributed by atoms with van der Waals surface area (Å²) in [6.07, 6.45) is 2.09. The van der Waals surface area contributed by atoms with Gasteiger partial charge in [-0.3, -0.25) is 0 Å². The van der Waals surface area contributed by atoms with Gasteiger partial charge in [-0.1, -0.05) is 11.6 Å². The number of piperidine rings is 1. The fraction of sp³-hybridized carbons (Fsp3) is 0.500. The maximum absolute atomic E-state index is 12.6. The highest BCUT2D eigenvalue weighted by molar-refractivity contribution is 7.89. The van der Waals surface area contributed by atoms with Crippen LogP contribution in [-0.4, -0.2) is 39.4 Å². The van der Waals surface area contributed by atoms with Crippen LogP contribution in [0.4, 0.5) is 0 Å². The van der Waals surface area contributed by atoms with Gasteiger partial charge in [0.25, 0.3) is 0 Å². The molecule has 1 N–H and O–H groups in total. The molecule has 21 heavy (non-hydrogen) atoms. The molecule has 2 rings (SSSR count). The zero-order valence-corrected chi connectivity index (χ0v) is 13.4. The normalized spacial score (nSPS) is 19.4. The van der Waals surface area contributed by atoms with Gasteiger partial charge in [-0.2, -0.15) is 5.26 Å². The summed E-state index contributed by atoms with van der Waals surface area (Å²) in [6.45, 7) is 2.29. The van der Waals surface area contributed by atoms with Gasteiger partial charge in [0, 0.05) is 13.6 Å². The zero-order chi connectivity index (χ0) is 15.5. The summed E-state index contributed by atoms with van der Waals surface area (Å²) < 4.78 is 26.5. The Morgan fingerprint density at radius 2 is 2.29 bits per heavy atom. The largest absolute Gasteiger partial charge is 0.316 e. The van der Waals surface area contributed by atoms with E-state index in [4.69, 9.17) is 16.9 Å². The lowest BCUT2D eigenvalue weighted by molar-refractivity contribution is 0.315. The number of hydrogen-bond donors (Lipinski definition) is 1. The van der Waals surface area contributed by atoms with Crippen molar-refractivity contribution in [1.29, 1.82) is 5.26 Å². The molecule has 1 atom stereocenters. The molecule has 1 aromatic rings. The van der Waals surface area contributed by atoms with Crippen molar-refractivity contribution < 1.29 is 8.42 Å². The van der Waals surface area contributed by atoms with Crippen molar-refractivity contribution in [3.05, 3.63) is 28.8 Å². The van der Waals surface area contributed by atoms with E-state index in [1.54, 1.807) is 7.05 Å².